The van der Waals surface area contributed by atoms with E-state index in [1.54, 1.807) is 0 Å². The molecule has 0 aliphatic heterocycles. The first kappa shape index (κ1) is 14.6. The zero-order valence-corrected chi connectivity index (χ0v) is 13.2. The molecule has 1 fully saturated rings. The monoisotopic (exact) mass is 259 g/mol. The predicted octanol–water partition coefficient (Wildman–Crippen LogP) is 4.28. The Morgan fingerprint density at radius 2 is 1.84 bits per heavy atom. The lowest BCUT2D eigenvalue weighted by Crippen LogP contribution is -2.26. The molecule has 1 saturated carbocycles. The third-order valence-corrected chi connectivity index (χ3v) is 5.40. The molecule has 2 N–H and O–H groups in total. The van der Waals surface area contributed by atoms with Crippen molar-refractivity contribution in [2.24, 2.45) is 23.0 Å². The molecule has 0 aromatic heterocycles. The Bertz CT molecular complexity index is 430. The molecule has 1 aliphatic rings. The second-order valence-electron chi connectivity index (χ2n) is 7.45. The molecular weight excluding hydrogens is 230 g/mol. The fourth-order valence-electron chi connectivity index (χ4n) is 3.61. The van der Waals surface area contributed by atoms with Crippen LogP contribution in [-0.2, 0) is 5.41 Å². The first-order valence-electron chi connectivity index (χ1n) is 7.59. The van der Waals surface area contributed by atoms with E-state index in [1.165, 1.54) is 24.0 Å². The number of nitrogens with two attached hydrogens (primary N) is 1. The van der Waals surface area contributed by atoms with E-state index in [4.69, 9.17) is 5.73 Å². The van der Waals surface area contributed by atoms with E-state index in [2.05, 4.69) is 58.9 Å². The fourth-order valence-corrected chi connectivity index (χ4v) is 3.61. The molecule has 2 rings (SSSR count). The van der Waals surface area contributed by atoms with Gasteiger partial charge < -0.3 is 5.73 Å². The SMILES string of the molecule is Cc1ccc(C(C)(C)CC2CC2(CN)C(C)C)cc1. The van der Waals surface area contributed by atoms with Crippen molar-refractivity contribution in [2.75, 3.05) is 6.54 Å². The van der Waals surface area contributed by atoms with Gasteiger partial charge in [-0.15, -0.1) is 0 Å². The predicted molar refractivity (Wildman–Crippen MR) is 83.3 cm³/mol. The number of hydrogen-bond donors (Lipinski definition) is 1. The van der Waals surface area contributed by atoms with Crippen LogP contribution in [0.3, 0.4) is 0 Å². The molecule has 0 saturated heterocycles. The second kappa shape index (κ2) is 4.94. The average Bonchev–Trinajstić information content (AvgIpc) is 3.03. The van der Waals surface area contributed by atoms with E-state index < -0.39 is 0 Å². The van der Waals surface area contributed by atoms with Gasteiger partial charge in [0.2, 0.25) is 0 Å². The highest BCUT2D eigenvalue weighted by molar-refractivity contribution is 5.28. The topological polar surface area (TPSA) is 26.0 Å². The molecule has 106 valence electrons. The van der Waals surface area contributed by atoms with Gasteiger partial charge in [0, 0.05) is 0 Å². The summed E-state index contributed by atoms with van der Waals surface area (Å²) in [7, 11) is 0. The van der Waals surface area contributed by atoms with Crippen molar-refractivity contribution in [2.45, 2.75) is 52.9 Å². The van der Waals surface area contributed by atoms with Crippen LogP contribution in [0.2, 0.25) is 0 Å². The van der Waals surface area contributed by atoms with Crippen molar-refractivity contribution >= 4 is 0 Å². The summed E-state index contributed by atoms with van der Waals surface area (Å²) < 4.78 is 0. The van der Waals surface area contributed by atoms with E-state index in [9.17, 15) is 0 Å². The largest absolute Gasteiger partial charge is 0.330 e. The van der Waals surface area contributed by atoms with Crippen LogP contribution in [-0.4, -0.2) is 6.54 Å². The lowest BCUT2D eigenvalue weighted by atomic mass is 9.77. The highest BCUT2D eigenvalue weighted by atomic mass is 14.7. The average molecular weight is 259 g/mol. The molecule has 0 heterocycles. The molecular formula is C18H29N. The minimum absolute atomic E-state index is 0.254. The van der Waals surface area contributed by atoms with Crippen LogP contribution in [0.25, 0.3) is 0 Å². The summed E-state index contributed by atoms with van der Waals surface area (Å²) >= 11 is 0. The fraction of sp³-hybridized carbons (Fsp3) is 0.667. The summed E-state index contributed by atoms with van der Waals surface area (Å²) in [4.78, 5) is 0. The molecule has 19 heavy (non-hydrogen) atoms. The van der Waals surface area contributed by atoms with Crippen molar-refractivity contribution in [1.82, 2.24) is 0 Å². The number of aryl methyl sites for hydroxylation is 1. The van der Waals surface area contributed by atoms with Gasteiger partial charge in [0.15, 0.2) is 0 Å². The Morgan fingerprint density at radius 1 is 1.26 bits per heavy atom. The van der Waals surface area contributed by atoms with E-state index in [1.807, 2.05) is 0 Å². The standard InChI is InChI=1S/C18H29N/c1-13(2)18(12-19)11-16(18)10-17(4,5)15-8-6-14(3)7-9-15/h6-9,13,16H,10-12,19H2,1-5H3. The third-order valence-electron chi connectivity index (χ3n) is 5.40. The number of hydrogen-bond acceptors (Lipinski definition) is 1. The molecule has 2 unspecified atom stereocenters. The maximum Gasteiger partial charge on any atom is -0.00153 e. The maximum atomic E-state index is 6.04. The second-order valence-corrected chi connectivity index (χ2v) is 7.45. The van der Waals surface area contributed by atoms with E-state index >= 15 is 0 Å². The molecule has 2 atom stereocenters. The van der Waals surface area contributed by atoms with Crippen LogP contribution in [0.5, 0.6) is 0 Å². The van der Waals surface area contributed by atoms with Gasteiger partial charge in [-0.1, -0.05) is 57.5 Å². The minimum atomic E-state index is 0.254. The van der Waals surface area contributed by atoms with Gasteiger partial charge in [-0.3, -0.25) is 0 Å². The van der Waals surface area contributed by atoms with Gasteiger partial charge >= 0.3 is 0 Å². The Morgan fingerprint density at radius 3 is 2.26 bits per heavy atom. The molecule has 0 amide bonds. The Hall–Kier alpha value is -0.820. The minimum Gasteiger partial charge on any atom is -0.330 e. The highest BCUT2D eigenvalue weighted by Crippen LogP contribution is 2.61. The van der Waals surface area contributed by atoms with E-state index in [-0.39, 0.29) is 5.41 Å². The van der Waals surface area contributed by atoms with Crippen LogP contribution in [0.15, 0.2) is 24.3 Å². The smallest absolute Gasteiger partial charge is 0.00153 e. The van der Waals surface area contributed by atoms with Crippen molar-refractivity contribution in [3.05, 3.63) is 35.4 Å². The van der Waals surface area contributed by atoms with E-state index in [0.29, 0.717) is 11.3 Å². The first-order chi connectivity index (χ1) is 8.82. The van der Waals surface area contributed by atoms with Crippen LogP contribution in [0.4, 0.5) is 0 Å². The summed E-state index contributed by atoms with van der Waals surface area (Å²) in [5.74, 6) is 1.50. The molecule has 1 heteroatoms. The lowest BCUT2D eigenvalue weighted by molar-refractivity contribution is 0.300. The van der Waals surface area contributed by atoms with E-state index in [0.717, 1.165) is 12.5 Å². The van der Waals surface area contributed by atoms with Crippen molar-refractivity contribution in [1.29, 1.82) is 0 Å². The van der Waals surface area contributed by atoms with Gasteiger partial charge in [-0.05, 0) is 54.5 Å². The molecule has 1 aromatic carbocycles. The molecule has 1 aliphatic carbocycles. The lowest BCUT2D eigenvalue weighted by Gasteiger charge is -2.28. The Labute approximate surface area is 118 Å². The summed E-state index contributed by atoms with van der Waals surface area (Å²) in [6, 6.07) is 9.03. The number of rotatable bonds is 5. The Balaban J connectivity index is 2.09. The zero-order chi connectivity index (χ0) is 14.3. The van der Waals surface area contributed by atoms with Gasteiger partial charge in [-0.2, -0.15) is 0 Å². The summed E-state index contributed by atoms with van der Waals surface area (Å²) in [5.41, 5.74) is 9.51. The maximum absolute atomic E-state index is 6.04. The Kier molecular flexibility index (Phi) is 3.79. The van der Waals surface area contributed by atoms with Gasteiger partial charge in [-0.25, -0.2) is 0 Å². The van der Waals surface area contributed by atoms with Crippen LogP contribution in [0.1, 0.15) is 51.7 Å². The first-order valence-corrected chi connectivity index (χ1v) is 7.59. The van der Waals surface area contributed by atoms with Crippen molar-refractivity contribution < 1.29 is 0 Å². The molecule has 1 nitrogen and oxygen atoms in total. The number of benzene rings is 1. The molecule has 1 aromatic rings. The molecule has 0 bridgehead atoms. The van der Waals surface area contributed by atoms with Crippen LogP contribution >= 0.6 is 0 Å². The zero-order valence-electron chi connectivity index (χ0n) is 13.2. The quantitative estimate of drug-likeness (QED) is 0.839. The van der Waals surface area contributed by atoms with Gasteiger partial charge in [0.25, 0.3) is 0 Å². The van der Waals surface area contributed by atoms with Crippen molar-refractivity contribution in [3.8, 4) is 0 Å². The van der Waals surface area contributed by atoms with Crippen LogP contribution < -0.4 is 5.73 Å². The van der Waals surface area contributed by atoms with Gasteiger partial charge in [0.05, 0.1) is 0 Å². The highest BCUT2D eigenvalue weighted by Gasteiger charge is 2.55. The molecule has 0 radical (unpaired) electrons. The van der Waals surface area contributed by atoms with Crippen LogP contribution in [0, 0.1) is 24.2 Å². The van der Waals surface area contributed by atoms with Crippen molar-refractivity contribution in [3.63, 3.8) is 0 Å². The third kappa shape index (κ3) is 2.72. The summed E-state index contributed by atoms with van der Waals surface area (Å²) in [6.45, 7) is 12.4. The summed E-state index contributed by atoms with van der Waals surface area (Å²) in [6.07, 6.45) is 2.57. The normalized spacial score (nSPS) is 26.8. The molecule has 0 spiro atoms. The van der Waals surface area contributed by atoms with Gasteiger partial charge in [0.1, 0.15) is 0 Å². The summed E-state index contributed by atoms with van der Waals surface area (Å²) in [5, 5.41) is 0.